The number of nitrogens with one attached hydrogen (secondary N) is 2. The van der Waals surface area contributed by atoms with Crippen LogP contribution in [0.4, 0.5) is 0 Å². The van der Waals surface area contributed by atoms with Crippen LogP contribution >= 0.6 is 0 Å². The minimum Gasteiger partial charge on any atom is -0.329 e. The van der Waals surface area contributed by atoms with Crippen molar-refractivity contribution in [2.75, 3.05) is 6.61 Å². The van der Waals surface area contributed by atoms with Gasteiger partial charge in [0.15, 0.2) is 0 Å². The number of aromatic amines is 1. The standard InChI is InChI=1S/C8H10N2O2/c11-8-2-1-6(5-9-8)7-3-4-12-10-7/h1-2,5,7,10H,3-4H2,(H,9,11). The van der Waals surface area contributed by atoms with Crippen molar-refractivity contribution < 1.29 is 4.84 Å². The number of aromatic nitrogens is 1. The molecule has 1 saturated heterocycles. The molecule has 2 N–H and O–H groups in total. The topological polar surface area (TPSA) is 54.1 Å². The molecule has 1 atom stereocenters. The van der Waals surface area contributed by atoms with E-state index in [0.29, 0.717) is 0 Å². The summed E-state index contributed by atoms with van der Waals surface area (Å²) >= 11 is 0. The van der Waals surface area contributed by atoms with Crippen LogP contribution in [0.5, 0.6) is 0 Å². The first-order valence-corrected chi connectivity index (χ1v) is 3.92. The van der Waals surface area contributed by atoms with Crippen LogP contribution < -0.4 is 11.0 Å². The lowest BCUT2D eigenvalue weighted by molar-refractivity contribution is 0.0882. The van der Waals surface area contributed by atoms with Gasteiger partial charge in [0, 0.05) is 12.3 Å². The summed E-state index contributed by atoms with van der Waals surface area (Å²) in [6.07, 6.45) is 2.67. The molecule has 0 aromatic carbocycles. The summed E-state index contributed by atoms with van der Waals surface area (Å²) < 4.78 is 0. The molecule has 0 radical (unpaired) electrons. The van der Waals surface area contributed by atoms with Crippen LogP contribution in [-0.2, 0) is 4.84 Å². The number of pyridine rings is 1. The van der Waals surface area contributed by atoms with Crippen molar-refractivity contribution in [2.24, 2.45) is 0 Å². The first-order valence-electron chi connectivity index (χ1n) is 3.92. The fraction of sp³-hybridized carbons (Fsp3) is 0.375. The first kappa shape index (κ1) is 7.52. The van der Waals surface area contributed by atoms with Crippen LogP contribution in [0.25, 0.3) is 0 Å². The minimum absolute atomic E-state index is 0.0716. The number of hydrogen-bond donors (Lipinski definition) is 2. The molecule has 0 amide bonds. The summed E-state index contributed by atoms with van der Waals surface area (Å²) in [7, 11) is 0. The zero-order valence-electron chi connectivity index (χ0n) is 6.54. The normalized spacial score (nSPS) is 22.8. The molecule has 4 nitrogen and oxygen atoms in total. The summed E-state index contributed by atoms with van der Waals surface area (Å²) in [5.41, 5.74) is 3.86. The van der Waals surface area contributed by atoms with Gasteiger partial charge >= 0.3 is 0 Å². The lowest BCUT2D eigenvalue weighted by atomic mass is 10.1. The van der Waals surface area contributed by atoms with Crippen molar-refractivity contribution >= 4 is 0 Å². The zero-order valence-corrected chi connectivity index (χ0v) is 6.54. The molecule has 2 heterocycles. The largest absolute Gasteiger partial charge is 0.329 e. The van der Waals surface area contributed by atoms with Crippen LogP contribution in [-0.4, -0.2) is 11.6 Å². The Balaban J connectivity index is 2.22. The maximum atomic E-state index is 10.7. The second-order valence-electron chi connectivity index (χ2n) is 2.79. The minimum atomic E-state index is -0.0716. The van der Waals surface area contributed by atoms with Crippen LogP contribution in [0.3, 0.4) is 0 Å². The average Bonchev–Trinajstić information content (AvgIpc) is 2.58. The van der Waals surface area contributed by atoms with E-state index in [1.165, 1.54) is 6.07 Å². The third-order valence-electron chi connectivity index (χ3n) is 1.94. The van der Waals surface area contributed by atoms with Crippen LogP contribution in [0, 0.1) is 0 Å². The van der Waals surface area contributed by atoms with Gasteiger partial charge in [-0.15, -0.1) is 0 Å². The fourth-order valence-electron chi connectivity index (χ4n) is 1.27. The van der Waals surface area contributed by atoms with Gasteiger partial charge in [-0.25, -0.2) is 0 Å². The quantitative estimate of drug-likeness (QED) is 0.632. The Morgan fingerprint density at radius 1 is 1.50 bits per heavy atom. The van der Waals surface area contributed by atoms with Crippen LogP contribution in [0.2, 0.25) is 0 Å². The van der Waals surface area contributed by atoms with Crippen LogP contribution in [0.1, 0.15) is 18.0 Å². The Morgan fingerprint density at radius 3 is 3.00 bits per heavy atom. The smallest absolute Gasteiger partial charge is 0.247 e. The van der Waals surface area contributed by atoms with Gasteiger partial charge in [0.2, 0.25) is 5.56 Å². The van der Waals surface area contributed by atoms with E-state index in [4.69, 9.17) is 4.84 Å². The van der Waals surface area contributed by atoms with Gasteiger partial charge in [0.05, 0.1) is 12.6 Å². The van der Waals surface area contributed by atoms with E-state index in [-0.39, 0.29) is 11.6 Å². The van der Waals surface area contributed by atoms with Crippen molar-refractivity contribution in [2.45, 2.75) is 12.5 Å². The Hall–Kier alpha value is -1.13. The molecule has 4 heteroatoms. The van der Waals surface area contributed by atoms with Crippen LogP contribution in [0.15, 0.2) is 23.1 Å². The Bertz CT molecular complexity index is 295. The van der Waals surface area contributed by atoms with E-state index in [0.717, 1.165) is 18.6 Å². The summed E-state index contributed by atoms with van der Waals surface area (Å²) in [6.45, 7) is 0.726. The zero-order chi connectivity index (χ0) is 8.39. The molecular formula is C8H10N2O2. The van der Waals surface area contributed by atoms with E-state index >= 15 is 0 Å². The van der Waals surface area contributed by atoms with Crippen molar-refractivity contribution in [1.29, 1.82) is 0 Å². The summed E-state index contributed by atoms with van der Waals surface area (Å²) in [6, 6.07) is 3.56. The van der Waals surface area contributed by atoms with E-state index in [1.54, 1.807) is 6.20 Å². The van der Waals surface area contributed by atoms with Gasteiger partial charge in [0.25, 0.3) is 0 Å². The summed E-state index contributed by atoms with van der Waals surface area (Å²) in [4.78, 5) is 18.4. The first-order chi connectivity index (χ1) is 5.86. The predicted molar refractivity (Wildman–Crippen MR) is 43.5 cm³/mol. The Labute approximate surface area is 69.5 Å². The van der Waals surface area contributed by atoms with Gasteiger partial charge < -0.3 is 9.82 Å². The molecule has 64 valence electrons. The average molecular weight is 166 g/mol. The van der Waals surface area contributed by atoms with Gasteiger partial charge in [0.1, 0.15) is 0 Å². The molecule has 0 aliphatic carbocycles. The highest BCUT2D eigenvalue weighted by Crippen LogP contribution is 2.18. The van der Waals surface area contributed by atoms with Crippen molar-refractivity contribution in [3.63, 3.8) is 0 Å². The highest BCUT2D eigenvalue weighted by Gasteiger charge is 2.16. The highest BCUT2D eigenvalue weighted by molar-refractivity contribution is 5.13. The molecular weight excluding hydrogens is 156 g/mol. The monoisotopic (exact) mass is 166 g/mol. The molecule has 1 aliphatic rings. The summed E-state index contributed by atoms with van der Waals surface area (Å²) in [5.74, 6) is 0. The van der Waals surface area contributed by atoms with E-state index in [1.807, 2.05) is 6.07 Å². The number of H-pyrrole nitrogens is 1. The molecule has 0 saturated carbocycles. The summed E-state index contributed by atoms with van der Waals surface area (Å²) in [5, 5.41) is 0. The van der Waals surface area contributed by atoms with Gasteiger partial charge in [-0.2, -0.15) is 5.48 Å². The van der Waals surface area contributed by atoms with Crippen molar-refractivity contribution in [3.05, 3.63) is 34.2 Å². The van der Waals surface area contributed by atoms with Crippen molar-refractivity contribution in [3.8, 4) is 0 Å². The SMILES string of the molecule is O=c1ccc(C2CCON2)c[nH]1. The van der Waals surface area contributed by atoms with E-state index in [9.17, 15) is 4.79 Å². The van der Waals surface area contributed by atoms with Gasteiger partial charge in [-0.05, 0) is 12.0 Å². The third kappa shape index (κ3) is 1.39. The lowest BCUT2D eigenvalue weighted by Gasteiger charge is -2.06. The molecule has 1 aromatic heterocycles. The third-order valence-corrected chi connectivity index (χ3v) is 1.94. The maximum absolute atomic E-state index is 10.7. The number of hydrogen-bond acceptors (Lipinski definition) is 3. The Morgan fingerprint density at radius 2 is 2.42 bits per heavy atom. The van der Waals surface area contributed by atoms with Gasteiger partial charge in [-0.3, -0.25) is 4.79 Å². The van der Waals surface area contributed by atoms with E-state index in [2.05, 4.69) is 10.5 Å². The fourth-order valence-corrected chi connectivity index (χ4v) is 1.27. The van der Waals surface area contributed by atoms with E-state index < -0.39 is 0 Å². The molecule has 0 spiro atoms. The predicted octanol–water partition coefficient (Wildman–Crippen LogP) is 0.341. The molecule has 1 aliphatic heterocycles. The molecule has 0 bridgehead atoms. The Kier molecular flexibility index (Phi) is 1.93. The lowest BCUT2D eigenvalue weighted by Crippen LogP contribution is -2.13. The molecule has 12 heavy (non-hydrogen) atoms. The second kappa shape index (κ2) is 3.08. The molecule has 2 rings (SSSR count). The number of rotatable bonds is 1. The molecule has 1 fully saturated rings. The number of hydroxylamine groups is 1. The molecule has 1 unspecified atom stereocenters. The van der Waals surface area contributed by atoms with Gasteiger partial charge in [-0.1, -0.05) is 6.07 Å². The maximum Gasteiger partial charge on any atom is 0.247 e. The second-order valence-corrected chi connectivity index (χ2v) is 2.79. The molecule has 1 aromatic rings. The highest BCUT2D eigenvalue weighted by atomic mass is 16.7. The van der Waals surface area contributed by atoms with Crippen molar-refractivity contribution in [1.82, 2.24) is 10.5 Å².